The maximum Gasteiger partial charge on any atom is 0.0636 e. The predicted octanol–water partition coefficient (Wildman–Crippen LogP) is 2.30. The molecule has 1 rings (SSSR count). The molecule has 0 heterocycles. The van der Waals surface area contributed by atoms with Gasteiger partial charge in [0.25, 0.3) is 0 Å². The van der Waals surface area contributed by atoms with Crippen molar-refractivity contribution >= 4 is 0 Å². The Hall–Kier alpha value is -0.0800. The van der Waals surface area contributed by atoms with Gasteiger partial charge in [-0.3, -0.25) is 0 Å². The van der Waals surface area contributed by atoms with Gasteiger partial charge in [-0.25, -0.2) is 0 Å². The van der Waals surface area contributed by atoms with E-state index in [1.807, 2.05) is 0 Å². The van der Waals surface area contributed by atoms with Crippen LogP contribution in [0.4, 0.5) is 0 Å². The van der Waals surface area contributed by atoms with Crippen LogP contribution >= 0.6 is 0 Å². The topological polar surface area (TPSA) is 46.2 Å². The van der Waals surface area contributed by atoms with Gasteiger partial charge in [-0.1, -0.05) is 39.5 Å². The molecule has 1 atom stereocenters. The molecule has 0 aliphatic heterocycles. The highest BCUT2D eigenvalue weighted by atomic mass is 16.3. The molecule has 1 aliphatic carbocycles. The molecule has 0 bridgehead atoms. The fourth-order valence-electron chi connectivity index (χ4n) is 2.93. The normalized spacial score (nSPS) is 22.9. The average Bonchev–Trinajstić information content (AvgIpc) is 2.69. The highest BCUT2D eigenvalue weighted by Crippen LogP contribution is 2.43. The van der Waals surface area contributed by atoms with E-state index in [1.54, 1.807) is 0 Å². The van der Waals surface area contributed by atoms with Crippen LogP contribution in [0.25, 0.3) is 0 Å². The van der Waals surface area contributed by atoms with Crippen molar-refractivity contribution in [3.8, 4) is 0 Å². The maximum atomic E-state index is 10.4. The Labute approximate surface area is 87.9 Å². The Morgan fingerprint density at radius 3 is 2.07 bits per heavy atom. The van der Waals surface area contributed by atoms with Gasteiger partial charge < -0.3 is 10.8 Å². The lowest BCUT2D eigenvalue weighted by atomic mass is 9.73. The van der Waals surface area contributed by atoms with Gasteiger partial charge >= 0.3 is 0 Å². The molecule has 1 unspecified atom stereocenters. The second-order valence-electron chi connectivity index (χ2n) is 4.80. The van der Waals surface area contributed by atoms with E-state index in [1.165, 1.54) is 12.8 Å². The Morgan fingerprint density at radius 1 is 1.21 bits per heavy atom. The second kappa shape index (κ2) is 5.13. The van der Waals surface area contributed by atoms with Crippen LogP contribution in [0.5, 0.6) is 0 Å². The first-order chi connectivity index (χ1) is 6.70. The summed E-state index contributed by atoms with van der Waals surface area (Å²) in [5.41, 5.74) is 5.91. The van der Waals surface area contributed by atoms with Crippen LogP contribution < -0.4 is 5.73 Å². The predicted molar refractivity (Wildman–Crippen MR) is 60.0 cm³/mol. The summed E-state index contributed by atoms with van der Waals surface area (Å²) >= 11 is 0. The summed E-state index contributed by atoms with van der Waals surface area (Å²) in [5.74, 6) is 0.441. The van der Waals surface area contributed by atoms with Gasteiger partial charge in [0.1, 0.15) is 0 Å². The van der Waals surface area contributed by atoms with E-state index in [2.05, 4.69) is 13.8 Å². The zero-order valence-electron chi connectivity index (χ0n) is 9.63. The van der Waals surface area contributed by atoms with Crippen LogP contribution in [-0.2, 0) is 0 Å². The van der Waals surface area contributed by atoms with Gasteiger partial charge in [0.15, 0.2) is 0 Å². The monoisotopic (exact) mass is 199 g/mol. The fraction of sp³-hybridized carbons (Fsp3) is 1.00. The van der Waals surface area contributed by atoms with Crippen LogP contribution in [0.1, 0.15) is 52.4 Å². The molecular weight excluding hydrogens is 174 g/mol. The van der Waals surface area contributed by atoms with Crippen LogP contribution in [0.3, 0.4) is 0 Å². The third-order valence-corrected chi connectivity index (χ3v) is 4.13. The van der Waals surface area contributed by atoms with E-state index in [9.17, 15) is 5.11 Å². The summed E-state index contributed by atoms with van der Waals surface area (Å²) in [4.78, 5) is 0. The average molecular weight is 199 g/mol. The quantitative estimate of drug-likeness (QED) is 0.713. The number of hydrogen-bond acceptors (Lipinski definition) is 2. The standard InChI is InChI=1S/C12H25NO/c1-3-10(4-2)11(14)12(9-13)7-5-6-8-12/h10-11,14H,3-9,13H2,1-2H3. The third-order valence-electron chi connectivity index (χ3n) is 4.13. The zero-order chi connectivity index (χ0) is 10.6. The van der Waals surface area contributed by atoms with Crippen LogP contribution in [0, 0.1) is 11.3 Å². The van der Waals surface area contributed by atoms with Gasteiger partial charge in [0.05, 0.1) is 6.10 Å². The Kier molecular flexibility index (Phi) is 4.39. The van der Waals surface area contributed by atoms with E-state index in [0.717, 1.165) is 25.7 Å². The summed E-state index contributed by atoms with van der Waals surface area (Å²) in [6.07, 6.45) is 6.70. The van der Waals surface area contributed by atoms with Crippen LogP contribution in [0.15, 0.2) is 0 Å². The first-order valence-corrected chi connectivity index (χ1v) is 6.08. The fourth-order valence-corrected chi connectivity index (χ4v) is 2.93. The molecule has 84 valence electrons. The van der Waals surface area contributed by atoms with E-state index in [4.69, 9.17) is 5.73 Å². The lowest BCUT2D eigenvalue weighted by molar-refractivity contribution is -0.0141. The molecule has 0 aromatic carbocycles. The van der Waals surface area contributed by atoms with Crippen LogP contribution in [0.2, 0.25) is 0 Å². The molecule has 1 fully saturated rings. The molecule has 0 amide bonds. The number of aliphatic hydroxyl groups is 1. The Balaban J connectivity index is 2.67. The van der Waals surface area contributed by atoms with Crippen molar-refractivity contribution in [3.63, 3.8) is 0 Å². The van der Waals surface area contributed by atoms with Crippen molar-refractivity contribution in [2.75, 3.05) is 6.54 Å². The summed E-state index contributed by atoms with van der Waals surface area (Å²) < 4.78 is 0. The zero-order valence-corrected chi connectivity index (χ0v) is 9.63. The molecule has 0 aromatic rings. The van der Waals surface area contributed by atoms with Gasteiger partial charge in [-0.2, -0.15) is 0 Å². The van der Waals surface area contributed by atoms with Gasteiger partial charge in [-0.05, 0) is 18.8 Å². The molecule has 0 radical (unpaired) electrons. The van der Waals surface area contributed by atoms with Crippen molar-refractivity contribution < 1.29 is 5.11 Å². The molecule has 2 heteroatoms. The number of hydrogen-bond donors (Lipinski definition) is 2. The molecule has 3 N–H and O–H groups in total. The Morgan fingerprint density at radius 2 is 1.71 bits per heavy atom. The molecule has 0 spiro atoms. The van der Waals surface area contributed by atoms with E-state index < -0.39 is 0 Å². The van der Waals surface area contributed by atoms with Crippen molar-refractivity contribution in [2.45, 2.75) is 58.5 Å². The smallest absolute Gasteiger partial charge is 0.0636 e. The lowest BCUT2D eigenvalue weighted by Gasteiger charge is -2.37. The first kappa shape index (κ1) is 12.0. The lowest BCUT2D eigenvalue weighted by Crippen LogP contribution is -2.43. The molecule has 2 nitrogen and oxygen atoms in total. The van der Waals surface area contributed by atoms with Gasteiger partial charge in [0.2, 0.25) is 0 Å². The Bertz CT molecular complexity index is 160. The second-order valence-corrected chi connectivity index (χ2v) is 4.80. The first-order valence-electron chi connectivity index (χ1n) is 6.08. The summed E-state index contributed by atoms with van der Waals surface area (Å²) in [5, 5.41) is 10.4. The number of rotatable bonds is 5. The largest absolute Gasteiger partial charge is 0.392 e. The third kappa shape index (κ3) is 2.12. The summed E-state index contributed by atoms with van der Waals surface area (Å²) in [6, 6.07) is 0. The van der Waals surface area contributed by atoms with E-state index in [0.29, 0.717) is 12.5 Å². The highest BCUT2D eigenvalue weighted by molar-refractivity contribution is 4.93. The molecule has 0 saturated heterocycles. The minimum Gasteiger partial charge on any atom is -0.392 e. The van der Waals surface area contributed by atoms with Crippen molar-refractivity contribution in [1.82, 2.24) is 0 Å². The van der Waals surface area contributed by atoms with Crippen LogP contribution in [-0.4, -0.2) is 17.8 Å². The number of aliphatic hydroxyl groups excluding tert-OH is 1. The van der Waals surface area contributed by atoms with Crippen molar-refractivity contribution in [3.05, 3.63) is 0 Å². The van der Waals surface area contributed by atoms with Crippen molar-refractivity contribution in [2.24, 2.45) is 17.1 Å². The molecular formula is C12H25NO. The molecule has 1 aliphatic rings. The molecule has 0 aromatic heterocycles. The van der Waals surface area contributed by atoms with Gasteiger partial charge in [0, 0.05) is 12.0 Å². The minimum atomic E-state index is -0.176. The highest BCUT2D eigenvalue weighted by Gasteiger charge is 2.41. The summed E-state index contributed by atoms with van der Waals surface area (Å²) in [7, 11) is 0. The minimum absolute atomic E-state index is 0.0523. The van der Waals surface area contributed by atoms with E-state index in [-0.39, 0.29) is 11.5 Å². The number of nitrogens with two attached hydrogens (primary N) is 1. The van der Waals surface area contributed by atoms with E-state index >= 15 is 0 Å². The molecule has 1 saturated carbocycles. The molecule has 14 heavy (non-hydrogen) atoms. The maximum absolute atomic E-state index is 10.4. The SMILES string of the molecule is CCC(CC)C(O)C1(CN)CCCC1. The van der Waals surface area contributed by atoms with Gasteiger partial charge in [-0.15, -0.1) is 0 Å². The van der Waals surface area contributed by atoms with Crippen molar-refractivity contribution in [1.29, 1.82) is 0 Å². The summed E-state index contributed by atoms with van der Waals surface area (Å²) in [6.45, 7) is 4.98.